The number of terminal acetylenes is 1. The van der Waals surface area contributed by atoms with Crippen LogP contribution in [-0.4, -0.2) is 12.8 Å². The van der Waals surface area contributed by atoms with E-state index in [-0.39, 0.29) is 6.61 Å². The number of benzene rings is 1. The van der Waals surface area contributed by atoms with E-state index in [1.807, 2.05) is 6.07 Å². The molecule has 3 nitrogen and oxygen atoms in total. The topological polar surface area (TPSA) is 45.4 Å². The van der Waals surface area contributed by atoms with Gasteiger partial charge in [0.15, 0.2) is 6.61 Å². The van der Waals surface area contributed by atoms with Gasteiger partial charge in [-0.1, -0.05) is 29.3 Å². The zero-order valence-corrected chi connectivity index (χ0v) is 7.40. The molecule has 0 amide bonds. The Balaban J connectivity index is 2.73. The Labute approximate surface area is 82.6 Å². The molecule has 1 aromatic carbocycles. The fourth-order valence-corrected chi connectivity index (χ4v) is 0.829. The quantitative estimate of drug-likeness (QED) is 0.308. The van der Waals surface area contributed by atoms with E-state index in [2.05, 4.69) is 22.1 Å². The maximum Gasteiger partial charge on any atom is 0.177 e. The van der Waals surface area contributed by atoms with E-state index in [0.717, 1.165) is 0 Å². The van der Waals surface area contributed by atoms with Gasteiger partial charge in [-0.3, -0.25) is 0 Å². The normalized spacial score (nSPS) is 9.29. The molecule has 0 heterocycles. The third kappa shape index (κ3) is 2.66. The minimum Gasteiger partial charge on any atom is -0.382 e. The molecule has 0 N–H and O–H groups in total. The summed E-state index contributed by atoms with van der Waals surface area (Å²) in [4.78, 5) is 4.65. The Morgan fingerprint density at radius 1 is 1.36 bits per heavy atom. The third-order valence-electron chi connectivity index (χ3n) is 1.43. The highest BCUT2D eigenvalue weighted by molar-refractivity contribution is 5.82. The van der Waals surface area contributed by atoms with E-state index < -0.39 is 0 Å². The van der Waals surface area contributed by atoms with Gasteiger partial charge in [-0.15, -0.1) is 6.42 Å². The molecule has 0 unspecified atom stereocenters. The summed E-state index contributed by atoms with van der Waals surface area (Å²) in [7, 11) is 0. The molecule has 0 aromatic heterocycles. The molecule has 0 aliphatic heterocycles. The van der Waals surface area contributed by atoms with Gasteiger partial charge in [0, 0.05) is 5.56 Å². The molecular weight excluding hydrogens is 176 g/mol. The Bertz CT molecular complexity index is 410. The van der Waals surface area contributed by atoms with Crippen LogP contribution >= 0.6 is 0 Å². The number of hydrogen-bond donors (Lipinski definition) is 0. The van der Waals surface area contributed by atoms with Crippen LogP contribution in [0.1, 0.15) is 11.1 Å². The molecule has 0 saturated carbocycles. The highest BCUT2D eigenvalue weighted by Crippen LogP contribution is 2.03. The average molecular weight is 183 g/mol. The highest BCUT2D eigenvalue weighted by Gasteiger charge is 1.96. The van der Waals surface area contributed by atoms with Crippen LogP contribution in [0.15, 0.2) is 29.4 Å². The fraction of sp³-hybridized carbons (Fsp3) is 0.0909. The molecule has 0 saturated heterocycles. The largest absolute Gasteiger partial charge is 0.382 e. The summed E-state index contributed by atoms with van der Waals surface area (Å²) in [5, 5.41) is 12.2. The minimum atomic E-state index is 0.0989. The lowest BCUT2D eigenvalue weighted by atomic mass is 10.1. The minimum absolute atomic E-state index is 0.0989. The van der Waals surface area contributed by atoms with Crippen LogP contribution in [0, 0.1) is 23.7 Å². The fourth-order valence-electron chi connectivity index (χ4n) is 0.829. The molecule has 3 heteroatoms. The molecule has 1 aromatic rings. The van der Waals surface area contributed by atoms with Crippen molar-refractivity contribution in [3.63, 3.8) is 0 Å². The number of rotatable bonds is 3. The van der Waals surface area contributed by atoms with Gasteiger partial charge in [-0.05, 0) is 6.07 Å². The van der Waals surface area contributed by atoms with Gasteiger partial charge in [0.2, 0.25) is 0 Å². The summed E-state index contributed by atoms with van der Waals surface area (Å²) in [6.45, 7) is 0.0989. The van der Waals surface area contributed by atoms with Crippen molar-refractivity contribution in [1.29, 1.82) is 5.26 Å². The van der Waals surface area contributed by atoms with Crippen molar-refractivity contribution >= 4 is 6.21 Å². The summed E-state index contributed by atoms with van der Waals surface area (Å²) in [6.07, 6.45) is 7.53. The van der Waals surface area contributed by atoms with Crippen molar-refractivity contribution < 1.29 is 4.84 Å². The standard InChI is InChI=1S/C11H7N2O/c1-2-7-14-13-9-11-6-4-3-5-10(11)8-12/h1,3-6H,7H2. The van der Waals surface area contributed by atoms with Gasteiger partial charge >= 0.3 is 0 Å². The Hall–Kier alpha value is -2.26. The molecule has 1 rings (SSSR count). The molecule has 0 aliphatic carbocycles. The number of nitrogens with zero attached hydrogens (tertiary/aromatic N) is 2. The van der Waals surface area contributed by atoms with Crippen LogP contribution in [0.4, 0.5) is 0 Å². The number of hydrogen-bond acceptors (Lipinski definition) is 3. The second-order valence-electron chi connectivity index (χ2n) is 2.34. The van der Waals surface area contributed by atoms with Crippen LogP contribution in [0.2, 0.25) is 0 Å². The molecule has 1 radical (unpaired) electrons. The summed E-state index contributed by atoms with van der Waals surface area (Å²) in [5.41, 5.74) is 1.09. The Kier molecular flexibility index (Phi) is 3.79. The Morgan fingerprint density at radius 2 is 2.07 bits per heavy atom. The first kappa shape index (κ1) is 9.83. The van der Waals surface area contributed by atoms with E-state index in [9.17, 15) is 0 Å². The predicted molar refractivity (Wildman–Crippen MR) is 52.5 cm³/mol. The first-order valence-electron chi connectivity index (χ1n) is 3.89. The monoisotopic (exact) mass is 183 g/mol. The van der Waals surface area contributed by atoms with Crippen LogP contribution < -0.4 is 0 Å². The summed E-state index contributed by atoms with van der Waals surface area (Å²) in [5.74, 6) is 2.26. The molecule has 0 fully saturated rings. The van der Waals surface area contributed by atoms with Crippen LogP contribution in [0.25, 0.3) is 0 Å². The van der Waals surface area contributed by atoms with Crippen molar-refractivity contribution in [3.05, 3.63) is 35.4 Å². The lowest BCUT2D eigenvalue weighted by molar-refractivity contribution is 0.181. The van der Waals surface area contributed by atoms with E-state index in [0.29, 0.717) is 11.1 Å². The predicted octanol–water partition coefficient (Wildman–Crippen LogP) is 1.42. The Morgan fingerprint density at radius 3 is 2.71 bits per heavy atom. The first-order chi connectivity index (χ1) is 6.88. The SMILES string of the molecule is C#CCON=[C]c1ccccc1C#N. The summed E-state index contributed by atoms with van der Waals surface area (Å²) < 4.78 is 0. The molecular formula is C11H7N2O. The zero-order valence-electron chi connectivity index (χ0n) is 7.40. The lowest BCUT2D eigenvalue weighted by Gasteiger charge is -1.94. The van der Waals surface area contributed by atoms with E-state index in [1.165, 1.54) is 0 Å². The zero-order chi connectivity index (χ0) is 10.2. The number of nitriles is 1. The lowest BCUT2D eigenvalue weighted by Crippen LogP contribution is -1.89. The average Bonchev–Trinajstić information content (AvgIpc) is 2.25. The van der Waals surface area contributed by atoms with Crippen molar-refractivity contribution in [2.45, 2.75) is 0 Å². The van der Waals surface area contributed by atoms with Crippen LogP contribution in [0.3, 0.4) is 0 Å². The van der Waals surface area contributed by atoms with Gasteiger partial charge in [0.25, 0.3) is 0 Å². The molecule has 67 valence electrons. The molecule has 0 spiro atoms. The van der Waals surface area contributed by atoms with Gasteiger partial charge < -0.3 is 4.84 Å². The highest BCUT2D eigenvalue weighted by atomic mass is 16.6. The van der Waals surface area contributed by atoms with Gasteiger partial charge in [-0.2, -0.15) is 5.26 Å². The molecule has 0 aliphatic rings. The van der Waals surface area contributed by atoms with Crippen molar-refractivity contribution in [3.8, 4) is 18.4 Å². The summed E-state index contributed by atoms with van der Waals surface area (Å²) >= 11 is 0. The second kappa shape index (κ2) is 5.40. The van der Waals surface area contributed by atoms with Gasteiger partial charge in [0.05, 0.1) is 11.6 Å². The van der Waals surface area contributed by atoms with E-state index in [1.54, 1.807) is 24.3 Å². The van der Waals surface area contributed by atoms with Crippen molar-refractivity contribution in [1.82, 2.24) is 0 Å². The van der Waals surface area contributed by atoms with Crippen molar-refractivity contribution in [2.24, 2.45) is 5.16 Å². The third-order valence-corrected chi connectivity index (χ3v) is 1.43. The van der Waals surface area contributed by atoms with E-state index in [4.69, 9.17) is 11.7 Å². The molecule has 14 heavy (non-hydrogen) atoms. The van der Waals surface area contributed by atoms with Crippen molar-refractivity contribution in [2.75, 3.05) is 6.61 Å². The van der Waals surface area contributed by atoms with Gasteiger partial charge in [-0.25, -0.2) is 0 Å². The maximum atomic E-state index is 8.72. The smallest absolute Gasteiger partial charge is 0.177 e. The van der Waals surface area contributed by atoms with E-state index >= 15 is 0 Å². The second-order valence-corrected chi connectivity index (χ2v) is 2.34. The first-order valence-corrected chi connectivity index (χ1v) is 3.89. The van der Waals surface area contributed by atoms with Crippen LogP contribution in [0.5, 0.6) is 0 Å². The molecule has 0 bridgehead atoms. The van der Waals surface area contributed by atoms with Crippen LogP contribution in [-0.2, 0) is 4.84 Å². The molecule has 0 atom stereocenters. The maximum absolute atomic E-state index is 8.72. The van der Waals surface area contributed by atoms with Gasteiger partial charge in [0.1, 0.15) is 6.21 Å². The summed E-state index contributed by atoms with van der Waals surface area (Å²) in [6, 6.07) is 8.98.